The largest absolute Gasteiger partial charge is 0.455 e. The maximum atomic E-state index is 6.34. The SMILES string of the molecule is C[Si]1(C)c2ccccc2-c2ccc(-c3ccc4ccc5ccc(-c6cccc7c6oc6ccccc67)nc5c4n3)cc21. The van der Waals surface area contributed by atoms with Gasteiger partial charge in [0.2, 0.25) is 0 Å². The molecular formula is C38H26N2OSi. The average molecular weight is 555 g/mol. The zero-order valence-electron chi connectivity index (χ0n) is 23.3. The first-order chi connectivity index (χ1) is 20.6. The van der Waals surface area contributed by atoms with Gasteiger partial charge >= 0.3 is 0 Å². The van der Waals surface area contributed by atoms with Crippen LogP contribution in [0.1, 0.15) is 0 Å². The van der Waals surface area contributed by atoms with Crippen LogP contribution < -0.4 is 10.4 Å². The molecule has 0 atom stereocenters. The van der Waals surface area contributed by atoms with Crippen LogP contribution in [0.3, 0.4) is 0 Å². The van der Waals surface area contributed by atoms with E-state index in [0.29, 0.717) is 0 Å². The van der Waals surface area contributed by atoms with Gasteiger partial charge in [0, 0.05) is 32.7 Å². The molecule has 1 aliphatic rings. The molecule has 3 nitrogen and oxygen atoms in total. The first-order valence-corrected chi connectivity index (χ1v) is 17.4. The Labute approximate surface area is 244 Å². The Hall–Kier alpha value is -5.06. The number of rotatable bonds is 2. The van der Waals surface area contributed by atoms with E-state index in [9.17, 15) is 0 Å². The normalized spacial score (nSPS) is 13.7. The minimum atomic E-state index is -1.77. The number of fused-ring (bicyclic) bond motifs is 9. The van der Waals surface area contributed by atoms with Gasteiger partial charge in [-0.05, 0) is 45.8 Å². The van der Waals surface area contributed by atoms with Crippen molar-refractivity contribution in [3.63, 3.8) is 0 Å². The van der Waals surface area contributed by atoms with Crippen molar-refractivity contribution in [2.24, 2.45) is 0 Å². The summed E-state index contributed by atoms with van der Waals surface area (Å²) in [6, 6.07) is 43.2. The highest BCUT2D eigenvalue weighted by molar-refractivity contribution is 7.03. The third-order valence-electron chi connectivity index (χ3n) is 9.08. The highest BCUT2D eigenvalue weighted by Crippen LogP contribution is 2.37. The van der Waals surface area contributed by atoms with Gasteiger partial charge in [0.25, 0.3) is 0 Å². The molecule has 0 saturated heterocycles. The van der Waals surface area contributed by atoms with Crippen molar-refractivity contribution >= 4 is 62.2 Å². The average Bonchev–Trinajstić information content (AvgIpc) is 3.53. The highest BCUT2D eigenvalue weighted by atomic mass is 28.3. The zero-order chi connectivity index (χ0) is 28.0. The lowest BCUT2D eigenvalue weighted by atomic mass is 10.0. The van der Waals surface area contributed by atoms with Crippen LogP contribution in [0, 0.1) is 0 Å². The number of furan rings is 1. The minimum Gasteiger partial charge on any atom is -0.455 e. The van der Waals surface area contributed by atoms with Gasteiger partial charge in [0.15, 0.2) is 0 Å². The first kappa shape index (κ1) is 23.6. The molecule has 8 aromatic rings. The van der Waals surface area contributed by atoms with Gasteiger partial charge in [0.05, 0.1) is 22.4 Å². The molecule has 0 unspecified atom stereocenters. The monoisotopic (exact) mass is 554 g/mol. The van der Waals surface area contributed by atoms with Crippen molar-refractivity contribution in [1.29, 1.82) is 0 Å². The first-order valence-electron chi connectivity index (χ1n) is 14.4. The molecule has 0 bridgehead atoms. The topological polar surface area (TPSA) is 38.9 Å². The van der Waals surface area contributed by atoms with E-state index in [4.69, 9.17) is 14.4 Å². The molecule has 4 heterocycles. The van der Waals surface area contributed by atoms with Crippen LogP contribution in [0.2, 0.25) is 13.1 Å². The fourth-order valence-electron chi connectivity index (χ4n) is 6.89. The molecule has 1 aliphatic heterocycles. The predicted octanol–water partition coefficient (Wildman–Crippen LogP) is 8.82. The molecule has 4 heteroatoms. The zero-order valence-corrected chi connectivity index (χ0v) is 24.3. The Bertz CT molecular complexity index is 2400. The number of hydrogen-bond acceptors (Lipinski definition) is 3. The quantitative estimate of drug-likeness (QED) is 0.158. The van der Waals surface area contributed by atoms with Crippen LogP contribution >= 0.6 is 0 Å². The van der Waals surface area contributed by atoms with Crippen LogP contribution in [0.15, 0.2) is 126 Å². The molecule has 0 amide bonds. The Kier molecular flexibility index (Phi) is 4.77. The van der Waals surface area contributed by atoms with Gasteiger partial charge < -0.3 is 4.42 Å². The molecule has 0 radical (unpaired) electrons. The smallest absolute Gasteiger partial charge is 0.144 e. The van der Waals surface area contributed by atoms with Gasteiger partial charge in [0.1, 0.15) is 19.2 Å². The lowest BCUT2D eigenvalue weighted by molar-refractivity contribution is 0.670. The summed E-state index contributed by atoms with van der Waals surface area (Å²) in [7, 11) is -1.77. The molecule has 0 fully saturated rings. The second-order valence-electron chi connectivity index (χ2n) is 11.8. The standard InChI is InChI=1S/C38H26N2OSi/c1-42(2)34-13-6-4-9-27(34)28-19-16-25(22-35(28)42)31-20-17-23-14-15-24-18-21-32(40-37(24)36(23)39-31)30-11-7-10-29-26-8-3-5-12-33(26)41-38(29)30/h3-22H,1-2H3. The Morgan fingerprint density at radius 3 is 2.02 bits per heavy atom. The van der Waals surface area contributed by atoms with E-state index < -0.39 is 8.07 Å². The molecule has 0 saturated carbocycles. The summed E-state index contributed by atoms with van der Waals surface area (Å²) < 4.78 is 6.34. The summed E-state index contributed by atoms with van der Waals surface area (Å²) in [5.41, 5.74) is 10.4. The molecular weight excluding hydrogens is 529 g/mol. The number of benzene rings is 5. The third-order valence-corrected chi connectivity index (χ3v) is 12.6. The van der Waals surface area contributed by atoms with E-state index >= 15 is 0 Å². The molecule has 3 aromatic heterocycles. The molecule has 0 N–H and O–H groups in total. The maximum Gasteiger partial charge on any atom is 0.144 e. The van der Waals surface area contributed by atoms with Gasteiger partial charge in [-0.1, -0.05) is 110 Å². The van der Waals surface area contributed by atoms with E-state index in [1.54, 1.807) is 0 Å². The van der Waals surface area contributed by atoms with Crippen molar-refractivity contribution in [2.75, 3.05) is 0 Å². The van der Waals surface area contributed by atoms with E-state index in [1.165, 1.54) is 21.5 Å². The van der Waals surface area contributed by atoms with E-state index in [1.807, 2.05) is 12.1 Å². The van der Waals surface area contributed by atoms with Crippen molar-refractivity contribution in [1.82, 2.24) is 9.97 Å². The third kappa shape index (κ3) is 3.27. The summed E-state index contributed by atoms with van der Waals surface area (Å²) in [6.45, 7) is 4.91. The number of para-hydroxylation sites is 2. The van der Waals surface area contributed by atoms with Crippen LogP contribution in [-0.4, -0.2) is 18.0 Å². The number of pyridine rings is 2. The summed E-state index contributed by atoms with van der Waals surface area (Å²) in [5.74, 6) is 0. The highest BCUT2D eigenvalue weighted by Gasteiger charge is 2.37. The van der Waals surface area contributed by atoms with Crippen molar-refractivity contribution < 1.29 is 4.42 Å². The van der Waals surface area contributed by atoms with Crippen molar-refractivity contribution in [3.8, 4) is 33.6 Å². The van der Waals surface area contributed by atoms with Crippen LogP contribution in [-0.2, 0) is 0 Å². The van der Waals surface area contributed by atoms with E-state index in [0.717, 1.165) is 66.3 Å². The van der Waals surface area contributed by atoms with Gasteiger partial charge in [-0.25, -0.2) is 9.97 Å². The van der Waals surface area contributed by atoms with Crippen LogP contribution in [0.25, 0.3) is 77.4 Å². The van der Waals surface area contributed by atoms with Gasteiger partial charge in [-0.2, -0.15) is 0 Å². The lowest BCUT2D eigenvalue weighted by Crippen LogP contribution is -2.49. The number of nitrogens with zero attached hydrogens (tertiary/aromatic N) is 2. The molecule has 0 aliphatic carbocycles. The second-order valence-corrected chi connectivity index (χ2v) is 16.1. The molecule has 198 valence electrons. The number of aromatic nitrogens is 2. The van der Waals surface area contributed by atoms with Crippen molar-refractivity contribution in [2.45, 2.75) is 13.1 Å². The molecule has 42 heavy (non-hydrogen) atoms. The summed E-state index contributed by atoms with van der Waals surface area (Å²) in [5, 5.41) is 7.39. The van der Waals surface area contributed by atoms with Gasteiger partial charge in [-0.15, -0.1) is 0 Å². The Balaban J connectivity index is 1.22. The molecule has 9 rings (SSSR count). The number of hydrogen-bond donors (Lipinski definition) is 0. The molecule has 5 aromatic carbocycles. The minimum absolute atomic E-state index is 0.866. The van der Waals surface area contributed by atoms with Crippen LogP contribution in [0.4, 0.5) is 0 Å². The van der Waals surface area contributed by atoms with Gasteiger partial charge in [-0.3, -0.25) is 0 Å². The predicted molar refractivity (Wildman–Crippen MR) is 177 cm³/mol. The summed E-state index contributed by atoms with van der Waals surface area (Å²) >= 11 is 0. The molecule has 0 spiro atoms. The van der Waals surface area contributed by atoms with E-state index in [2.05, 4.69) is 122 Å². The second kappa shape index (κ2) is 8.48. The summed E-state index contributed by atoms with van der Waals surface area (Å²) in [4.78, 5) is 10.5. The summed E-state index contributed by atoms with van der Waals surface area (Å²) in [6.07, 6.45) is 0. The Morgan fingerprint density at radius 1 is 0.524 bits per heavy atom. The maximum absolute atomic E-state index is 6.34. The fraction of sp³-hybridized carbons (Fsp3) is 0.0526. The van der Waals surface area contributed by atoms with Crippen molar-refractivity contribution in [3.05, 3.63) is 121 Å². The van der Waals surface area contributed by atoms with Crippen LogP contribution in [0.5, 0.6) is 0 Å². The Morgan fingerprint density at radius 2 is 1.17 bits per heavy atom. The lowest BCUT2D eigenvalue weighted by Gasteiger charge is -2.19. The fourth-order valence-corrected chi connectivity index (χ4v) is 9.99. The van der Waals surface area contributed by atoms with E-state index in [-0.39, 0.29) is 0 Å².